The standard InChI is InChI=1S/C22H25F2NO2/c23-20-12-9-18(14-21(20)24)16-5-7-17(8-6-16)22(26)27-19-10-3-15(4-11-19)2-1-13-25/h1-2,9,12,14-17,19H,3-8,10-11H2/t15-,16-,17-,19-. The van der Waals surface area contributed by atoms with Gasteiger partial charge in [-0.1, -0.05) is 12.1 Å². The first-order valence-electron chi connectivity index (χ1n) is 9.78. The topological polar surface area (TPSA) is 50.1 Å². The molecule has 1 aromatic rings. The minimum Gasteiger partial charge on any atom is -0.462 e. The molecule has 0 amide bonds. The summed E-state index contributed by atoms with van der Waals surface area (Å²) in [7, 11) is 0. The summed E-state index contributed by atoms with van der Waals surface area (Å²) in [5.74, 6) is -1.27. The second-order valence-electron chi connectivity index (χ2n) is 7.68. The highest BCUT2D eigenvalue weighted by atomic mass is 19.2. The van der Waals surface area contributed by atoms with Crippen molar-refractivity contribution in [3.63, 3.8) is 0 Å². The van der Waals surface area contributed by atoms with Crippen molar-refractivity contribution < 1.29 is 18.3 Å². The second kappa shape index (κ2) is 9.12. The van der Waals surface area contributed by atoms with Gasteiger partial charge in [0, 0.05) is 6.08 Å². The van der Waals surface area contributed by atoms with Gasteiger partial charge in [0.2, 0.25) is 0 Å². The van der Waals surface area contributed by atoms with Crippen LogP contribution in [-0.4, -0.2) is 12.1 Å². The maximum Gasteiger partial charge on any atom is 0.309 e. The predicted octanol–water partition coefficient (Wildman–Crippen LogP) is 5.42. The van der Waals surface area contributed by atoms with Gasteiger partial charge in [-0.3, -0.25) is 4.79 Å². The Morgan fingerprint density at radius 3 is 2.37 bits per heavy atom. The molecule has 1 aromatic carbocycles. The first-order chi connectivity index (χ1) is 13.1. The van der Waals surface area contributed by atoms with Gasteiger partial charge in [-0.2, -0.15) is 5.26 Å². The zero-order chi connectivity index (χ0) is 19.2. The van der Waals surface area contributed by atoms with E-state index in [1.54, 1.807) is 6.07 Å². The van der Waals surface area contributed by atoms with E-state index in [0.717, 1.165) is 56.9 Å². The number of carbonyl (C=O) groups is 1. The first kappa shape index (κ1) is 19.5. The average molecular weight is 373 g/mol. The Bertz CT molecular complexity index is 724. The van der Waals surface area contributed by atoms with Gasteiger partial charge >= 0.3 is 5.97 Å². The summed E-state index contributed by atoms with van der Waals surface area (Å²) in [6.07, 6.45) is 10.1. The summed E-state index contributed by atoms with van der Waals surface area (Å²) < 4.78 is 32.2. The molecule has 144 valence electrons. The third kappa shape index (κ3) is 5.15. The Labute approximate surface area is 159 Å². The molecule has 0 atom stereocenters. The number of ether oxygens (including phenoxy) is 1. The Morgan fingerprint density at radius 1 is 1.04 bits per heavy atom. The lowest BCUT2D eigenvalue weighted by Crippen LogP contribution is -2.29. The van der Waals surface area contributed by atoms with Crippen LogP contribution in [0.4, 0.5) is 8.78 Å². The smallest absolute Gasteiger partial charge is 0.309 e. The number of rotatable bonds is 4. The highest BCUT2D eigenvalue weighted by molar-refractivity contribution is 5.72. The van der Waals surface area contributed by atoms with Gasteiger partial charge in [-0.05, 0) is 80.9 Å². The van der Waals surface area contributed by atoms with Crippen LogP contribution in [0.5, 0.6) is 0 Å². The van der Waals surface area contributed by atoms with E-state index < -0.39 is 11.6 Å². The molecule has 0 aliphatic heterocycles. The molecule has 27 heavy (non-hydrogen) atoms. The summed E-state index contributed by atoms with van der Waals surface area (Å²) in [5, 5.41) is 8.59. The van der Waals surface area contributed by atoms with Gasteiger partial charge in [-0.15, -0.1) is 0 Å². The number of nitriles is 1. The fraction of sp³-hybridized carbons (Fsp3) is 0.545. The molecule has 0 spiro atoms. The summed E-state index contributed by atoms with van der Waals surface area (Å²) in [6.45, 7) is 0. The van der Waals surface area contributed by atoms with Crippen LogP contribution in [0.15, 0.2) is 30.4 Å². The van der Waals surface area contributed by atoms with Gasteiger partial charge in [0.1, 0.15) is 6.10 Å². The summed E-state index contributed by atoms with van der Waals surface area (Å²) in [4.78, 5) is 12.5. The maximum absolute atomic E-state index is 13.4. The van der Waals surface area contributed by atoms with E-state index in [0.29, 0.717) is 5.92 Å². The van der Waals surface area contributed by atoms with E-state index in [4.69, 9.17) is 10.00 Å². The number of halogens is 2. The molecule has 2 aliphatic rings. The highest BCUT2D eigenvalue weighted by Gasteiger charge is 2.31. The number of benzene rings is 1. The van der Waals surface area contributed by atoms with Crippen LogP contribution in [-0.2, 0) is 9.53 Å². The van der Waals surface area contributed by atoms with Crippen LogP contribution in [0.1, 0.15) is 62.8 Å². The van der Waals surface area contributed by atoms with Crippen molar-refractivity contribution in [2.45, 2.75) is 63.4 Å². The Morgan fingerprint density at radius 2 is 1.74 bits per heavy atom. The van der Waals surface area contributed by atoms with E-state index in [1.165, 1.54) is 18.2 Å². The third-order valence-electron chi connectivity index (χ3n) is 5.92. The van der Waals surface area contributed by atoms with Crippen molar-refractivity contribution in [2.24, 2.45) is 11.8 Å². The van der Waals surface area contributed by atoms with Crippen LogP contribution >= 0.6 is 0 Å². The van der Waals surface area contributed by atoms with E-state index in [-0.39, 0.29) is 23.9 Å². The molecular weight excluding hydrogens is 348 g/mol. The normalized spacial score (nSPS) is 28.6. The lowest BCUT2D eigenvalue weighted by Gasteiger charge is -2.31. The van der Waals surface area contributed by atoms with Gasteiger partial charge in [-0.25, -0.2) is 8.78 Å². The molecular formula is C22H25F2NO2. The molecule has 2 aliphatic carbocycles. The molecule has 0 N–H and O–H groups in total. The Balaban J connectivity index is 1.44. The molecule has 3 rings (SSSR count). The van der Waals surface area contributed by atoms with E-state index in [9.17, 15) is 13.6 Å². The number of hydrogen-bond acceptors (Lipinski definition) is 3. The largest absolute Gasteiger partial charge is 0.462 e. The molecule has 0 heterocycles. The quantitative estimate of drug-likeness (QED) is 0.523. The monoisotopic (exact) mass is 373 g/mol. The number of allylic oxidation sites excluding steroid dienone is 2. The molecule has 2 fully saturated rings. The molecule has 5 heteroatoms. The summed E-state index contributed by atoms with van der Waals surface area (Å²) >= 11 is 0. The first-order valence-corrected chi connectivity index (χ1v) is 9.78. The Hall–Kier alpha value is -2.22. The third-order valence-corrected chi connectivity index (χ3v) is 5.92. The molecule has 0 unspecified atom stereocenters. The lowest BCUT2D eigenvalue weighted by atomic mass is 9.78. The SMILES string of the molecule is N#CC=C[C@H]1CC[C@H](OC(=O)[C@H]2CC[C@H](c3ccc(F)c(F)c3)CC2)CC1. The number of esters is 1. The van der Waals surface area contributed by atoms with Crippen molar-refractivity contribution in [3.8, 4) is 6.07 Å². The van der Waals surface area contributed by atoms with Gasteiger partial charge in [0.05, 0.1) is 12.0 Å². The van der Waals surface area contributed by atoms with Gasteiger partial charge < -0.3 is 4.74 Å². The summed E-state index contributed by atoms with van der Waals surface area (Å²) in [6, 6.07) is 6.11. The summed E-state index contributed by atoms with van der Waals surface area (Å²) in [5.41, 5.74) is 0.810. The van der Waals surface area contributed by atoms with Crippen molar-refractivity contribution in [1.29, 1.82) is 5.26 Å². The maximum atomic E-state index is 13.4. The predicted molar refractivity (Wildman–Crippen MR) is 97.6 cm³/mol. The second-order valence-corrected chi connectivity index (χ2v) is 7.68. The molecule has 2 saturated carbocycles. The lowest BCUT2D eigenvalue weighted by molar-refractivity contribution is -0.157. The molecule has 3 nitrogen and oxygen atoms in total. The van der Waals surface area contributed by atoms with Crippen molar-refractivity contribution in [3.05, 3.63) is 47.5 Å². The molecule has 0 bridgehead atoms. The van der Waals surface area contributed by atoms with Crippen molar-refractivity contribution >= 4 is 5.97 Å². The molecule has 0 saturated heterocycles. The van der Waals surface area contributed by atoms with Crippen molar-refractivity contribution in [2.75, 3.05) is 0 Å². The van der Waals surface area contributed by atoms with Crippen LogP contribution in [0.2, 0.25) is 0 Å². The minimum absolute atomic E-state index is 0.0202. The van der Waals surface area contributed by atoms with Crippen molar-refractivity contribution in [1.82, 2.24) is 0 Å². The van der Waals surface area contributed by atoms with Crippen LogP contribution in [0, 0.1) is 34.8 Å². The zero-order valence-corrected chi connectivity index (χ0v) is 15.4. The average Bonchev–Trinajstić information content (AvgIpc) is 2.69. The number of nitrogens with zero attached hydrogens (tertiary/aromatic N) is 1. The number of carbonyl (C=O) groups excluding carboxylic acids is 1. The zero-order valence-electron chi connectivity index (χ0n) is 15.4. The van der Waals surface area contributed by atoms with Crippen LogP contribution in [0.25, 0.3) is 0 Å². The molecule has 0 radical (unpaired) electrons. The molecule has 0 aromatic heterocycles. The fourth-order valence-corrected chi connectivity index (χ4v) is 4.27. The highest BCUT2D eigenvalue weighted by Crippen LogP contribution is 2.37. The van der Waals surface area contributed by atoms with Crippen LogP contribution < -0.4 is 0 Å². The van der Waals surface area contributed by atoms with Crippen LogP contribution in [0.3, 0.4) is 0 Å². The number of hydrogen-bond donors (Lipinski definition) is 0. The van der Waals surface area contributed by atoms with E-state index in [2.05, 4.69) is 0 Å². The fourth-order valence-electron chi connectivity index (χ4n) is 4.27. The van der Waals surface area contributed by atoms with Gasteiger partial charge in [0.25, 0.3) is 0 Å². The Kier molecular flexibility index (Phi) is 6.60. The minimum atomic E-state index is -0.825. The van der Waals surface area contributed by atoms with E-state index in [1.807, 2.05) is 12.1 Å². The van der Waals surface area contributed by atoms with Gasteiger partial charge in [0.15, 0.2) is 11.6 Å². The van der Waals surface area contributed by atoms with E-state index >= 15 is 0 Å².